The quantitative estimate of drug-likeness (QED) is 0.761. The maximum absolute atomic E-state index is 9.00. The Kier molecular flexibility index (Phi) is 6.75. The third kappa shape index (κ3) is 4.66. The van der Waals surface area contributed by atoms with Gasteiger partial charge in [-0.05, 0) is 18.8 Å². The van der Waals surface area contributed by atoms with E-state index in [-0.39, 0.29) is 12.6 Å². The van der Waals surface area contributed by atoms with E-state index in [1.165, 1.54) is 13.3 Å². The number of halogens is 1. The Bertz CT molecular complexity index is 357. The van der Waals surface area contributed by atoms with E-state index < -0.39 is 0 Å². The average molecular weight is 274 g/mol. The third-order valence-corrected chi connectivity index (χ3v) is 2.97. The molecule has 0 aromatic carbocycles. The smallest absolute Gasteiger partial charge is 0.318 e. The molecule has 1 heterocycles. The molecule has 1 aromatic rings. The van der Waals surface area contributed by atoms with Crippen LogP contribution in [0.3, 0.4) is 0 Å². The van der Waals surface area contributed by atoms with Crippen molar-refractivity contribution in [3.05, 3.63) is 11.2 Å². The first kappa shape index (κ1) is 15.0. The fraction of sp³-hybridized carbons (Fsp3) is 0.667. The Morgan fingerprint density at radius 2 is 2.28 bits per heavy atom. The summed E-state index contributed by atoms with van der Waals surface area (Å²) in [6, 6.07) is 0.288. The molecule has 1 rings (SSSR count). The highest BCUT2D eigenvalue weighted by Gasteiger charge is 2.10. The monoisotopic (exact) mass is 273 g/mol. The SMILES string of the molecule is CCCC(CCO)CNc1nc(OC)ncc1Cl. The highest BCUT2D eigenvalue weighted by Crippen LogP contribution is 2.21. The molecule has 2 N–H and O–H groups in total. The van der Waals surface area contributed by atoms with Crippen LogP contribution in [0.15, 0.2) is 6.20 Å². The third-order valence-electron chi connectivity index (χ3n) is 2.70. The van der Waals surface area contributed by atoms with Gasteiger partial charge in [-0.25, -0.2) is 4.98 Å². The Balaban J connectivity index is 2.60. The summed E-state index contributed by atoms with van der Waals surface area (Å²) in [7, 11) is 1.51. The molecule has 0 saturated heterocycles. The Morgan fingerprint density at radius 3 is 2.89 bits per heavy atom. The van der Waals surface area contributed by atoms with E-state index in [1.807, 2.05) is 0 Å². The molecule has 0 amide bonds. The molecule has 0 saturated carbocycles. The van der Waals surface area contributed by atoms with Crippen LogP contribution in [0.5, 0.6) is 6.01 Å². The zero-order valence-electron chi connectivity index (χ0n) is 10.8. The van der Waals surface area contributed by atoms with Gasteiger partial charge in [-0.3, -0.25) is 0 Å². The van der Waals surface area contributed by atoms with Gasteiger partial charge < -0.3 is 15.2 Å². The lowest BCUT2D eigenvalue weighted by Crippen LogP contribution is -2.16. The zero-order chi connectivity index (χ0) is 13.4. The lowest BCUT2D eigenvalue weighted by atomic mass is 10.0. The lowest BCUT2D eigenvalue weighted by Gasteiger charge is -2.16. The molecule has 0 aliphatic rings. The molecule has 0 aliphatic carbocycles. The highest BCUT2D eigenvalue weighted by atomic mass is 35.5. The number of rotatable bonds is 8. The summed E-state index contributed by atoms with van der Waals surface area (Å²) in [6.07, 6.45) is 4.44. The number of anilines is 1. The molecular formula is C12H20ClN3O2. The van der Waals surface area contributed by atoms with Gasteiger partial charge in [-0.1, -0.05) is 24.9 Å². The highest BCUT2D eigenvalue weighted by molar-refractivity contribution is 6.32. The van der Waals surface area contributed by atoms with Crippen LogP contribution >= 0.6 is 11.6 Å². The Hall–Kier alpha value is -1.07. The second kappa shape index (κ2) is 8.11. The van der Waals surface area contributed by atoms with E-state index in [4.69, 9.17) is 21.4 Å². The van der Waals surface area contributed by atoms with Gasteiger partial charge >= 0.3 is 6.01 Å². The molecule has 5 nitrogen and oxygen atoms in total. The molecular weight excluding hydrogens is 254 g/mol. The molecule has 18 heavy (non-hydrogen) atoms. The predicted octanol–water partition coefficient (Wildman–Crippen LogP) is 2.35. The van der Waals surface area contributed by atoms with Gasteiger partial charge in [0, 0.05) is 13.2 Å². The van der Waals surface area contributed by atoms with Crippen molar-refractivity contribution in [2.45, 2.75) is 26.2 Å². The van der Waals surface area contributed by atoms with Crippen LogP contribution in [0.1, 0.15) is 26.2 Å². The fourth-order valence-electron chi connectivity index (χ4n) is 1.75. The standard InChI is InChI=1S/C12H20ClN3O2/c1-3-4-9(5-6-17)7-14-11-10(13)8-15-12(16-11)18-2/h8-9,17H,3-7H2,1-2H3,(H,14,15,16). The minimum absolute atomic E-state index is 0.202. The van der Waals surface area contributed by atoms with Crippen molar-refractivity contribution in [1.29, 1.82) is 0 Å². The number of methoxy groups -OCH3 is 1. The summed E-state index contributed by atoms with van der Waals surface area (Å²) in [4.78, 5) is 8.06. The molecule has 6 heteroatoms. The second-order valence-electron chi connectivity index (χ2n) is 4.10. The Morgan fingerprint density at radius 1 is 1.50 bits per heavy atom. The van der Waals surface area contributed by atoms with Crippen molar-refractivity contribution in [1.82, 2.24) is 9.97 Å². The lowest BCUT2D eigenvalue weighted by molar-refractivity contribution is 0.255. The molecule has 0 fully saturated rings. The van der Waals surface area contributed by atoms with Gasteiger partial charge in [0.1, 0.15) is 5.02 Å². The molecule has 1 aromatic heterocycles. The number of aromatic nitrogens is 2. The fourth-order valence-corrected chi connectivity index (χ4v) is 1.91. The van der Waals surface area contributed by atoms with E-state index >= 15 is 0 Å². The van der Waals surface area contributed by atoms with Crippen LogP contribution in [0, 0.1) is 5.92 Å². The van der Waals surface area contributed by atoms with E-state index in [0.29, 0.717) is 16.8 Å². The number of aliphatic hydroxyl groups is 1. The summed E-state index contributed by atoms with van der Waals surface area (Å²) < 4.78 is 4.95. The predicted molar refractivity (Wildman–Crippen MR) is 72.2 cm³/mol. The molecule has 0 aliphatic heterocycles. The van der Waals surface area contributed by atoms with Crippen LogP contribution in [-0.2, 0) is 0 Å². The van der Waals surface area contributed by atoms with E-state index in [1.54, 1.807) is 0 Å². The number of aliphatic hydroxyl groups excluding tert-OH is 1. The van der Waals surface area contributed by atoms with Crippen LogP contribution in [0.4, 0.5) is 5.82 Å². The first-order valence-corrected chi connectivity index (χ1v) is 6.50. The van der Waals surface area contributed by atoms with Crippen molar-refractivity contribution in [3.63, 3.8) is 0 Å². The second-order valence-corrected chi connectivity index (χ2v) is 4.51. The van der Waals surface area contributed by atoms with E-state index in [0.717, 1.165) is 25.8 Å². The van der Waals surface area contributed by atoms with E-state index in [9.17, 15) is 0 Å². The molecule has 102 valence electrons. The normalized spacial score (nSPS) is 12.2. The molecule has 0 bridgehead atoms. The summed E-state index contributed by atoms with van der Waals surface area (Å²) >= 11 is 6.00. The summed E-state index contributed by atoms with van der Waals surface area (Å²) in [5, 5.41) is 12.6. The van der Waals surface area contributed by atoms with Crippen LogP contribution < -0.4 is 10.1 Å². The minimum Gasteiger partial charge on any atom is -0.467 e. The number of ether oxygens (including phenoxy) is 1. The van der Waals surface area contributed by atoms with Crippen LogP contribution in [-0.4, -0.2) is 35.3 Å². The van der Waals surface area contributed by atoms with Gasteiger partial charge in [0.25, 0.3) is 0 Å². The van der Waals surface area contributed by atoms with Crippen molar-refractivity contribution in [2.24, 2.45) is 5.92 Å². The van der Waals surface area contributed by atoms with Gasteiger partial charge in [-0.2, -0.15) is 4.98 Å². The number of nitrogens with one attached hydrogen (secondary N) is 1. The maximum atomic E-state index is 9.00. The van der Waals surface area contributed by atoms with Gasteiger partial charge in [0.15, 0.2) is 5.82 Å². The van der Waals surface area contributed by atoms with Gasteiger partial charge in [0.2, 0.25) is 0 Å². The average Bonchev–Trinajstić information content (AvgIpc) is 2.38. The summed E-state index contributed by atoms with van der Waals surface area (Å²) in [6.45, 7) is 3.06. The number of nitrogens with zero attached hydrogens (tertiary/aromatic N) is 2. The largest absolute Gasteiger partial charge is 0.467 e. The molecule has 1 atom stereocenters. The molecule has 0 spiro atoms. The number of hydrogen-bond acceptors (Lipinski definition) is 5. The molecule has 0 radical (unpaired) electrons. The summed E-state index contributed by atoms with van der Waals surface area (Å²) in [5.74, 6) is 0.986. The van der Waals surface area contributed by atoms with E-state index in [2.05, 4.69) is 22.2 Å². The van der Waals surface area contributed by atoms with Crippen LogP contribution in [0.2, 0.25) is 5.02 Å². The zero-order valence-corrected chi connectivity index (χ0v) is 11.6. The Labute approximate surface area is 113 Å². The van der Waals surface area contributed by atoms with Crippen molar-refractivity contribution in [2.75, 3.05) is 25.6 Å². The van der Waals surface area contributed by atoms with Crippen molar-refractivity contribution < 1.29 is 9.84 Å². The van der Waals surface area contributed by atoms with Crippen LogP contribution in [0.25, 0.3) is 0 Å². The topological polar surface area (TPSA) is 67.3 Å². The first-order valence-electron chi connectivity index (χ1n) is 6.12. The molecule has 1 unspecified atom stereocenters. The summed E-state index contributed by atoms with van der Waals surface area (Å²) in [5.41, 5.74) is 0. The van der Waals surface area contributed by atoms with Gasteiger partial charge in [0.05, 0.1) is 13.3 Å². The first-order chi connectivity index (χ1) is 8.71. The van der Waals surface area contributed by atoms with Gasteiger partial charge in [-0.15, -0.1) is 0 Å². The van der Waals surface area contributed by atoms with Crippen molar-refractivity contribution >= 4 is 17.4 Å². The number of hydrogen-bond donors (Lipinski definition) is 2. The van der Waals surface area contributed by atoms with Crippen molar-refractivity contribution in [3.8, 4) is 6.01 Å². The minimum atomic E-state index is 0.202. The maximum Gasteiger partial charge on any atom is 0.318 e.